The summed E-state index contributed by atoms with van der Waals surface area (Å²) in [7, 11) is -3.38. The van der Waals surface area contributed by atoms with E-state index in [1.807, 2.05) is 38.1 Å². The Labute approximate surface area is 85.0 Å². The van der Waals surface area contributed by atoms with E-state index in [1.165, 1.54) is 0 Å². The fourth-order valence-electron chi connectivity index (χ4n) is 1.34. The van der Waals surface area contributed by atoms with Crippen LogP contribution in [0.1, 0.15) is 24.0 Å². The first-order valence-corrected chi connectivity index (χ1v) is 6.17. The molecule has 0 bridgehead atoms. The van der Waals surface area contributed by atoms with E-state index in [0.29, 0.717) is 0 Å². The summed E-state index contributed by atoms with van der Waals surface area (Å²) in [5.74, 6) is -0.0543. The first-order valence-electron chi connectivity index (χ1n) is 4.45. The van der Waals surface area contributed by atoms with Gasteiger partial charge in [0.2, 0.25) is 10.0 Å². The monoisotopic (exact) mass is 213 g/mol. The van der Waals surface area contributed by atoms with Crippen LogP contribution in [0.5, 0.6) is 0 Å². The summed E-state index contributed by atoms with van der Waals surface area (Å²) in [4.78, 5) is 0. The molecule has 0 fully saturated rings. The van der Waals surface area contributed by atoms with E-state index in [-0.39, 0.29) is 11.7 Å². The summed E-state index contributed by atoms with van der Waals surface area (Å²) in [5, 5.41) is 4.98. The van der Waals surface area contributed by atoms with Crippen molar-refractivity contribution in [1.82, 2.24) is 0 Å². The zero-order valence-corrected chi connectivity index (χ0v) is 9.21. The van der Waals surface area contributed by atoms with Crippen molar-refractivity contribution < 1.29 is 8.42 Å². The second-order valence-electron chi connectivity index (χ2n) is 3.64. The maximum absolute atomic E-state index is 10.9. The van der Waals surface area contributed by atoms with Gasteiger partial charge in [-0.05, 0) is 18.4 Å². The lowest BCUT2D eigenvalue weighted by molar-refractivity contribution is 0.592. The molecular weight excluding hydrogens is 198 g/mol. The van der Waals surface area contributed by atoms with E-state index in [1.54, 1.807) is 0 Å². The smallest absolute Gasteiger partial charge is 0.209 e. The van der Waals surface area contributed by atoms with E-state index in [2.05, 4.69) is 0 Å². The van der Waals surface area contributed by atoms with Gasteiger partial charge in [-0.15, -0.1) is 0 Å². The number of hydrogen-bond acceptors (Lipinski definition) is 2. The van der Waals surface area contributed by atoms with Crippen molar-refractivity contribution in [3.63, 3.8) is 0 Å². The van der Waals surface area contributed by atoms with Crippen molar-refractivity contribution in [2.24, 2.45) is 5.14 Å². The molecule has 0 aliphatic carbocycles. The van der Waals surface area contributed by atoms with Gasteiger partial charge in [-0.25, -0.2) is 13.6 Å². The van der Waals surface area contributed by atoms with Gasteiger partial charge >= 0.3 is 0 Å². The zero-order chi connectivity index (χ0) is 10.8. The Bertz CT molecular complexity index is 395. The molecule has 3 nitrogen and oxygen atoms in total. The molecule has 1 atom stereocenters. The quantitative estimate of drug-likeness (QED) is 0.824. The van der Waals surface area contributed by atoms with Crippen molar-refractivity contribution in [2.75, 3.05) is 5.75 Å². The molecule has 0 heterocycles. The molecule has 1 rings (SSSR count). The molecule has 4 heteroatoms. The van der Waals surface area contributed by atoms with Crippen LogP contribution in [0.15, 0.2) is 24.3 Å². The highest BCUT2D eigenvalue weighted by Gasteiger charge is 2.12. The molecule has 0 spiro atoms. The summed E-state index contributed by atoms with van der Waals surface area (Å²) >= 11 is 0. The SMILES string of the molecule is Cc1ccc(C(C)CS(N)(=O)=O)cc1. The van der Waals surface area contributed by atoms with Crippen LogP contribution in [0, 0.1) is 6.92 Å². The van der Waals surface area contributed by atoms with Gasteiger partial charge in [-0.3, -0.25) is 0 Å². The Morgan fingerprint density at radius 1 is 1.29 bits per heavy atom. The largest absolute Gasteiger partial charge is 0.229 e. The first kappa shape index (κ1) is 11.2. The molecule has 0 radical (unpaired) electrons. The van der Waals surface area contributed by atoms with Gasteiger partial charge in [0, 0.05) is 0 Å². The average Bonchev–Trinajstić information content (AvgIpc) is 2.02. The number of nitrogens with two attached hydrogens (primary N) is 1. The number of primary sulfonamides is 1. The van der Waals surface area contributed by atoms with Gasteiger partial charge in [0.15, 0.2) is 0 Å². The molecule has 0 amide bonds. The van der Waals surface area contributed by atoms with Crippen molar-refractivity contribution in [3.05, 3.63) is 35.4 Å². The highest BCUT2D eigenvalue weighted by Crippen LogP contribution is 2.16. The van der Waals surface area contributed by atoms with E-state index in [0.717, 1.165) is 11.1 Å². The predicted octanol–water partition coefficient (Wildman–Crippen LogP) is 1.39. The van der Waals surface area contributed by atoms with Crippen LogP contribution in [0.3, 0.4) is 0 Å². The van der Waals surface area contributed by atoms with Crippen molar-refractivity contribution in [2.45, 2.75) is 19.8 Å². The van der Waals surface area contributed by atoms with Crippen LogP contribution in [0.4, 0.5) is 0 Å². The minimum atomic E-state index is -3.38. The molecule has 0 saturated carbocycles. The van der Waals surface area contributed by atoms with E-state index < -0.39 is 10.0 Å². The Hall–Kier alpha value is -0.870. The zero-order valence-electron chi connectivity index (χ0n) is 8.40. The second-order valence-corrected chi connectivity index (χ2v) is 5.30. The molecule has 0 aliphatic rings. The topological polar surface area (TPSA) is 60.2 Å². The Morgan fingerprint density at radius 2 is 1.79 bits per heavy atom. The van der Waals surface area contributed by atoms with Gasteiger partial charge in [0.25, 0.3) is 0 Å². The van der Waals surface area contributed by atoms with Crippen molar-refractivity contribution in [1.29, 1.82) is 0 Å². The standard InChI is InChI=1S/C10H15NO2S/c1-8-3-5-10(6-4-8)9(2)7-14(11,12)13/h3-6,9H,7H2,1-2H3,(H2,11,12,13). The van der Waals surface area contributed by atoms with Crippen molar-refractivity contribution >= 4 is 10.0 Å². The summed E-state index contributed by atoms with van der Waals surface area (Å²) in [5.41, 5.74) is 2.17. The summed E-state index contributed by atoms with van der Waals surface area (Å²) in [6.45, 7) is 3.85. The third kappa shape index (κ3) is 3.47. The molecule has 14 heavy (non-hydrogen) atoms. The number of sulfonamides is 1. The molecule has 78 valence electrons. The fraction of sp³-hybridized carbons (Fsp3) is 0.400. The van der Waals surface area contributed by atoms with Crippen LogP contribution in [-0.2, 0) is 10.0 Å². The summed E-state index contributed by atoms with van der Waals surface area (Å²) in [6, 6.07) is 7.81. The summed E-state index contributed by atoms with van der Waals surface area (Å²) in [6.07, 6.45) is 0. The third-order valence-corrected chi connectivity index (χ3v) is 3.09. The molecule has 0 aromatic heterocycles. The van der Waals surface area contributed by atoms with Gasteiger partial charge < -0.3 is 0 Å². The minimum absolute atomic E-state index is 0.00391. The van der Waals surface area contributed by atoms with Crippen LogP contribution in [0.25, 0.3) is 0 Å². The lowest BCUT2D eigenvalue weighted by Crippen LogP contribution is -2.20. The number of hydrogen-bond donors (Lipinski definition) is 1. The third-order valence-electron chi connectivity index (χ3n) is 2.13. The average molecular weight is 213 g/mol. The van der Waals surface area contributed by atoms with Gasteiger partial charge in [-0.1, -0.05) is 36.8 Å². The maximum Gasteiger partial charge on any atom is 0.209 e. The molecule has 1 aromatic rings. The molecule has 0 saturated heterocycles. The molecule has 1 aromatic carbocycles. The molecular formula is C10H15NO2S. The molecule has 1 unspecified atom stereocenters. The van der Waals surface area contributed by atoms with Gasteiger partial charge in [0.05, 0.1) is 5.75 Å². The molecule has 0 aliphatic heterocycles. The number of rotatable bonds is 3. The highest BCUT2D eigenvalue weighted by atomic mass is 32.2. The number of benzene rings is 1. The predicted molar refractivity (Wildman–Crippen MR) is 57.6 cm³/mol. The summed E-state index contributed by atoms with van der Waals surface area (Å²) < 4.78 is 21.7. The van der Waals surface area contributed by atoms with Crippen LogP contribution in [-0.4, -0.2) is 14.2 Å². The van der Waals surface area contributed by atoms with Crippen LogP contribution < -0.4 is 5.14 Å². The Kier molecular flexibility index (Phi) is 3.29. The lowest BCUT2D eigenvalue weighted by Gasteiger charge is -2.10. The fourth-order valence-corrected chi connectivity index (χ4v) is 2.23. The number of aryl methyl sites for hydroxylation is 1. The molecule has 2 N–H and O–H groups in total. The van der Waals surface area contributed by atoms with Gasteiger partial charge in [-0.2, -0.15) is 0 Å². The van der Waals surface area contributed by atoms with Gasteiger partial charge in [0.1, 0.15) is 0 Å². The van der Waals surface area contributed by atoms with Crippen molar-refractivity contribution in [3.8, 4) is 0 Å². The Balaban J connectivity index is 2.80. The van der Waals surface area contributed by atoms with Crippen LogP contribution in [0.2, 0.25) is 0 Å². The Morgan fingerprint density at radius 3 is 2.21 bits per heavy atom. The second kappa shape index (κ2) is 4.11. The minimum Gasteiger partial charge on any atom is -0.229 e. The van der Waals surface area contributed by atoms with Crippen LogP contribution >= 0.6 is 0 Å². The van der Waals surface area contributed by atoms with E-state index in [4.69, 9.17) is 5.14 Å². The highest BCUT2D eigenvalue weighted by molar-refractivity contribution is 7.89. The van der Waals surface area contributed by atoms with E-state index >= 15 is 0 Å². The normalized spacial score (nSPS) is 13.9. The maximum atomic E-state index is 10.9. The first-order chi connectivity index (χ1) is 6.38. The lowest BCUT2D eigenvalue weighted by atomic mass is 10.0. The van der Waals surface area contributed by atoms with E-state index in [9.17, 15) is 8.42 Å².